The highest BCUT2D eigenvalue weighted by molar-refractivity contribution is 7.81. The molecule has 128 valence electrons. The first-order valence-electron chi connectivity index (χ1n) is 8.27. The van der Waals surface area contributed by atoms with Crippen LogP contribution in [-0.2, 0) is 18.8 Å². The lowest BCUT2D eigenvalue weighted by atomic mass is 10.1. The molecule has 0 aromatic heterocycles. The number of aliphatic hydroxyl groups excluding tert-OH is 1. The van der Waals surface area contributed by atoms with E-state index in [2.05, 4.69) is 15.3 Å². The van der Waals surface area contributed by atoms with Crippen molar-refractivity contribution in [3.63, 3.8) is 0 Å². The van der Waals surface area contributed by atoms with Crippen molar-refractivity contribution >= 4 is 10.4 Å². The van der Waals surface area contributed by atoms with Gasteiger partial charge in [0.25, 0.3) is 0 Å². The van der Waals surface area contributed by atoms with Gasteiger partial charge >= 0.3 is 10.4 Å². The van der Waals surface area contributed by atoms with Crippen LogP contribution in [0.5, 0.6) is 0 Å². The molecule has 0 saturated heterocycles. The number of unbranched alkanes of at least 4 members (excludes halogenated alkanes) is 9. The molecule has 6 heteroatoms. The summed E-state index contributed by atoms with van der Waals surface area (Å²) in [5, 5.41) is 9.09. The van der Waals surface area contributed by atoms with Crippen molar-refractivity contribution in [1.82, 2.24) is 0 Å². The van der Waals surface area contributed by atoms with Gasteiger partial charge in [-0.25, -0.2) is 8.37 Å². The van der Waals surface area contributed by atoms with Gasteiger partial charge in [0.15, 0.2) is 6.29 Å². The molecule has 0 aliphatic carbocycles. The first-order valence-corrected chi connectivity index (χ1v) is 9.61. The number of rotatable bonds is 15. The highest BCUT2D eigenvalue weighted by Gasteiger charge is 2.16. The van der Waals surface area contributed by atoms with Crippen molar-refractivity contribution < 1.29 is 21.9 Å². The fourth-order valence-corrected chi connectivity index (χ4v) is 2.77. The second kappa shape index (κ2) is 13.5. The van der Waals surface area contributed by atoms with Crippen molar-refractivity contribution in [2.24, 2.45) is 0 Å². The standard InChI is InChI=1S/C15H32O5S/c1-3-5-6-7-8-9-10-11-12-13-14-19-21(17,18)20-15(16)4-2/h15-16H,3-14H2,1-2H3. The molecule has 0 heterocycles. The summed E-state index contributed by atoms with van der Waals surface area (Å²) < 4.78 is 31.6. The molecule has 0 spiro atoms. The zero-order valence-corrected chi connectivity index (χ0v) is 14.4. The minimum Gasteiger partial charge on any atom is -0.367 e. The Morgan fingerprint density at radius 3 is 1.81 bits per heavy atom. The Morgan fingerprint density at radius 1 is 0.857 bits per heavy atom. The minimum atomic E-state index is -4.05. The summed E-state index contributed by atoms with van der Waals surface area (Å²) >= 11 is 0. The molecule has 1 N–H and O–H groups in total. The average molecular weight is 324 g/mol. The molecule has 0 aliphatic rings. The summed E-state index contributed by atoms with van der Waals surface area (Å²) in [5.41, 5.74) is 0. The van der Waals surface area contributed by atoms with Gasteiger partial charge in [0.2, 0.25) is 0 Å². The molecule has 0 radical (unpaired) electrons. The SMILES string of the molecule is CCCCCCCCCCCCOS(=O)(=O)OC(O)CC. The van der Waals surface area contributed by atoms with Crippen LogP contribution in [0.2, 0.25) is 0 Å². The van der Waals surface area contributed by atoms with E-state index >= 15 is 0 Å². The monoisotopic (exact) mass is 324 g/mol. The summed E-state index contributed by atoms with van der Waals surface area (Å²) in [6, 6.07) is 0. The number of hydrogen-bond acceptors (Lipinski definition) is 5. The summed E-state index contributed by atoms with van der Waals surface area (Å²) in [7, 11) is -4.05. The van der Waals surface area contributed by atoms with E-state index in [1.54, 1.807) is 6.92 Å². The summed E-state index contributed by atoms with van der Waals surface area (Å²) in [5.74, 6) is 0. The zero-order chi connectivity index (χ0) is 16.0. The molecule has 5 nitrogen and oxygen atoms in total. The third-order valence-electron chi connectivity index (χ3n) is 3.30. The zero-order valence-electron chi connectivity index (χ0n) is 13.6. The Balaban J connectivity index is 3.36. The maximum atomic E-state index is 11.3. The van der Waals surface area contributed by atoms with E-state index in [1.165, 1.54) is 44.9 Å². The highest BCUT2D eigenvalue weighted by atomic mass is 32.3. The fourth-order valence-electron chi connectivity index (χ4n) is 1.98. The van der Waals surface area contributed by atoms with Crippen LogP contribution in [0.3, 0.4) is 0 Å². The second-order valence-corrected chi connectivity index (χ2v) is 6.62. The van der Waals surface area contributed by atoms with E-state index in [9.17, 15) is 8.42 Å². The maximum Gasteiger partial charge on any atom is 0.402 e. The molecule has 0 bridgehead atoms. The van der Waals surface area contributed by atoms with Crippen molar-refractivity contribution in [3.8, 4) is 0 Å². The summed E-state index contributed by atoms with van der Waals surface area (Å²) in [4.78, 5) is 0. The van der Waals surface area contributed by atoms with Crippen molar-refractivity contribution in [2.45, 2.75) is 90.8 Å². The van der Waals surface area contributed by atoms with Crippen LogP contribution >= 0.6 is 0 Å². The van der Waals surface area contributed by atoms with Crippen LogP contribution in [0.4, 0.5) is 0 Å². The van der Waals surface area contributed by atoms with Gasteiger partial charge in [0.05, 0.1) is 6.61 Å². The summed E-state index contributed by atoms with van der Waals surface area (Å²) in [6.45, 7) is 3.97. The van der Waals surface area contributed by atoms with E-state index in [-0.39, 0.29) is 13.0 Å². The smallest absolute Gasteiger partial charge is 0.367 e. The van der Waals surface area contributed by atoms with Crippen LogP contribution in [0.1, 0.15) is 84.5 Å². The Morgan fingerprint density at radius 2 is 1.33 bits per heavy atom. The molecule has 0 aliphatic heterocycles. The molecule has 21 heavy (non-hydrogen) atoms. The van der Waals surface area contributed by atoms with E-state index < -0.39 is 16.7 Å². The van der Waals surface area contributed by atoms with Gasteiger partial charge in [0.1, 0.15) is 0 Å². The van der Waals surface area contributed by atoms with Gasteiger partial charge in [-0.1, -0.05) is 71.6 Å². The lowest BCUT2D eigenvalue weighted by molar-refractivity contribution is -0.0254. The Hall–Kier alpha value is -0.170. The van der Waals surface area contributed by atoms with Crippen LogP contribution in [0.15, 0.2) is 0 Å². The highest BCUT2D eigenvalue weighted by Crippen LogP contribution is 2.11. The lowest BCUT2D eigenvalue weighted by Gasteiger charge is -2.09. The molecular formula is C15H32O5S. The third-order valence-corrected chi connectivity index (χ3v) is 4.22. The van der Waals surface area contributed by atoms with E-state index in [0.29, 0.717) is 6.42 Å². The molecule has 0 rings (SSSR count). The molecule has 0 fully saturated rings. The van der Waals surface area contributed by atoms with E-state index in [1.807, 2.05) is 0 Å². The summed E-state index contributed by atoms with van der Waals surface area (Å²) in [6.07, 6.45) is 10.7. The van der Waals surface area contributed by atoms with Crippen molar-refractivity contribution in [3.05, 3.63) is 0 Å². The molecule has 1 unspecified atom stereocenters. The van der Waals surface area contributed by atoms with Crippen LogP contribution < -0.4 is 0 Å². The first-order chi connectivity index (χ1) is 10.0. The van der Waals surface area contributed by atoms with Gasteiger partial charge < -0.3 is 5.11 Å². The predicted molar refractivity (Wildman–Crippen MR) is 84.1 cm³/mol. The second-order valence-electron chi connectivity index (χ2n) is 5.37. The van der Waals surface area contributed by atoms with Crippen LogP contribution in [0.25, 0.3) is 0 Å². The number of aliphatic hydroxyl groups is 1. The predicted octanol–water partition coefficient (Wildman–Crippen LogP) is 3.91. The van der Waals surface area contributed by atoms with Crippen LogP contribution in [-0.4, -0.2) is 26.4 Å². The fraction of sp³-hybridized carbons (Fsp3) is 1.00. The van der Waals surface area contributed by atoms with Gasteiger partial charge in [-0.05, 0) is 12.8 Å². The molecule has 0 amide bonds. The number of hydrogen-bond donors (Lipinski definition) is 1. The molecule has 0 aromatic rings. The maximum absolute atomic E-state index is 11.3. The first kappa shape index (κ1) is 20.8. The Labute approximate surface area is 130 Å². The van der Waals surface area contributed by atoms with Crippen LogP contribution in [0, 0.1) is 0 Å². The molecule has 0 aromatic carbocycles. The minimum absolute atomic E-state index is 0.120. The van der Waals surface area contributed by atoms with Crippen molar-refractivity contribution in [1.29, 1.82) is 0 Å². The quantitative estimate of drug-likeness (QED) is 0.365. The van der Waals surface area contributed by atoms with Crippen molar-refractivity contribution in [2.75, 3.05) is 6.61 Å². The van der Waals surface area contributed by atoms with E-state index in [4.69, 9.17) is 5.11 Å². The van der Waals surface area contributed by atoms with Gasteiger partial charge in [-0.2, -0.15) is 8.42 Å². The lowest BCUT2D eigenvalue weighted by Crippen LogP contribution is -2.19. The molecule has 1 atom stereocenters. The molecule has 0 saturated carbocycles. The molecular weight excluding hydrogens is 292 g/mol. The normalized spacial score (nSPS) is 13.5. The Bertz CT molecular complexity index is 316. The average Bonchev–Trinajstić information content (AvgIpc) is 2.44. The third kappa shape index (κ3) is 14.5. The Kier molecular flexibility index (Phi) is 13.4. The van der Waals surface area contributed by atoms with Gasteiger partial charge in [-0.3, -0.25) is 0 Å². The largest absolute Gasteiger partial charge is 0.402 e. The van der Waals surface area contributed by atoms with E-state index in [0.717, 1.165) is 12.8 Å². The van der Waals surface area contributed by atoms with Gasteiger partial charge in [-0.15, -0.1) is 0 Å². The van der Waals surface area contributed by atoms with Gasteiger partial charge in [0, 0.05) is 0 Å². The topological polar surface area (TPSA) is 72.8 Å².